The number of rotatable bonds is 27. The lowest BCUT2D eigenvalue weighted by molar-refractivity contribution is -0.137. The molecule has 28 nitrogen and oxygen atoms in total. The molecule has 8 rings (SSSR count). The van der Waals surface area contributed by atoms with Crippen molar-refractivity contribution in [2.75, 3.05) is 51.9 Å². The Morgan fingerprint density at radius 3 is 1.96 bits per heavy atom. The topological polar surface area (TPSA) is 414 Å². The zero-order valence-electron chi connectivity index (χ0n) is 55.2. The molecule has 13 N–H and O–H groups in total. The van der Waals surface area contributed by atoms with E-state index < -0.39 is 114 Å². The third-order valence-corrected chi connectivity index (χ3v) is 18.6. The van der Waals surface area contributed by atoms with Gasteiger partial charge >= 0.3 is 6.03 Å². The van der Waals surface area contributed by atoms with Crippen LogP contribution in [0.1, 0.15) is 122 Å². The van der Waals surface area contributed by atoms with Crippen LogP contribution in [-0.4, -0.2) is 183 Å². The second kappa shape index (κ2) is 38.3. The average molecular weight is 1350 g/mol. The molecule has 2 fully saturated rings. The second-order valence-corrected chi connectivity index (χ2v) is 25.9. The summed E-state index contributed by atoms with van der Waals surface area (Å²) in [6.45, 7) is 7.74. The van der Waals surface area contributed by atoms with Crippen LogP contribution >= 0.6 is 11.8 Å². The molecule has 3 aromatic heterocycles. The van der Waals surface area contributed by atoms with Gasteiger partial charge in [-0.3, -0.25) is 52.6 Å². The Balaban J connectivity index is 0.00000644. The summed E-state index contributed by atoms with van der Waals surface area (Å²) in [5, 5.41) is 29.8. The Kier molecular flexibility index (Phi) is 29.8. The molecule has 9 atom stereocenters. The van der Waals surface area contributed by atoms with E-state index in [4.69, 9.17) is 25.7 Å². The number of para-hydroxylation sites is 2. The van der Waals surface area contributed by atoms with E-state index in [2.05, 4.69) is 57.5 Å². The number of amides is 9. The summed E-state index contributed by atoms with van der Waals surface area (Å²) < 4.78 is 18.5. The largest absolute Gasteiger partial charge is 0.379 e. The molecule has 5 aromatic rings. The minimum atomic E-state index is -1.48. The van der Waals surface area contributed by atoms with Crippen LogP contribution in [-0.2, 0) is 88.0 Å². The van der Waals surface area contributed by atoms with Gasteiger partial charge in [0.1, 0.15) is 30.5 Å². The number of nitrogens with zero attached hydrogens (tertiary/aromatic N) is 3. The second-order valence-electron chi connectivity index (χ2n) is 24.7. The first-order valence-electron chi connectivity index (χ1n) is 33.3. The number of H-pyrrole nitrogens is 2. The highest BCUT2D eigenvalue weighted by Gasteiger charge is 2.43. The number of unbranched alkanes of at least 4 members (excludes halogenated alkanes) is 1. The summed E-state index contributed by atoms with van der Waals surface area (Å²) in [6, 6.07) is 9.65. The maximum Gasteiger partial charge on any atom is 0.315 e. The fourth-order valence-electron chi connectivity index (χ4n) is 12.0. The number of carbonyl (C=O) groups is 11. The highest BCUT2D eigenvalue weighted by molar-refractivity contribution is 8.00. The van der Waals surface area contributed by atoms with E-state index in [9.17, 15) is 47.9 Å². The number of fused-ring (bicyclic) bond motifs is 5. The number of ketones is 3. The predicted molar refractivity (Wildman–Crippen MR) is 358 cm³/mol. The van der Waals surface area contributed by atoms with Crippen LogP contribution in [0.4, 0.5) is 4.79 Å². The first-order valence-corrected chi connectivity index (χ1v) is 34.4. The number of aromatic amines is 2. The van der Waals surface area contributed by atoms with Gasteiger partial charge in [0.15, 0.2) is 11.6 Å². The number of hydrogen-bond donors (Lipinski definition) is 11. The number of nitrogens with one attached hydrogen (secondary N) is 9. The van der Waals surface area contributed by atoms with Crippen molar-refractivity contribution in [2.45, 2.75) is 172 Å². The van der Waals surface area contributed by atoms with Crippen LogP contribution in [0.5, 0.6) is 0 Å². The van der Waals surface area contributed by atoms with Crippen LogP contribution < -0.4 is 48.7 Å². The smallest absolute Gasteiger partial charge is 0.315 e. The molecule has 522 valence electrons. The fourth-order valence-corrected chi connectivity index (χ4v) is 13.5. The highest BCUT2D eigenvalue weighted by Crippen LogP contribution is 2.33. The van der Waals surface area contributed by atoms with Crippen molar-refractivity contribution in [2.24, 2.45) is 29.2 Å². The van der Waals surface area contributed by atoms with E-state index in [1.807, 2.05) is 68.1 Å². The van der Waals surface area contributed by atoms with Crippen molar-refractivity contribution in [3.8, 4) is 0 Å². The van der Waals surface area contributed by atoms with Crippen molar-refractivity contribution in [3.05, 3.63) is 83.9 Å². The molecule has 0 radical (unpaired) electrons. The van der Waals surface area contributed by atoms with Gasteiger partial charge in [-0.2, -0.15) is 11.8 Å². The number of thioether (sulfide) groups is 1. The zero-order chi connectivity index (χ0) is 69.1. The lowest BCUT2D eigenvalue weighted by Gasteiger charge is -2.27. The molecule has 9 amide bonds. The first kappa shape index (κ1) is 74.8. The molecule has 0 aliphatic carbocycles. The first-order chi connectivity index (χ1) is 46.3. The SMILES string of the molecule is CC.CC(C)[C@@H]1NC(=O)[C@@H](Cc2c[nH]c3ccccc23)NC(=O)[C@@H](CC(N)=O)CC(=O)[C@@H](Cc2c[nH]c3ccccc23)NC(=O)[C@@H](CC(=O)COCCOCCOCCCC(=O)CCCC[C@H]2SC[C@H]3NC(=O)N[C@H]32)Cc2cn(nn2)CCCC[C@@H](C(N)=O)NC(=O)CNC1=O. The monoisotopic (exact) mass is 1350 g/mol. The number of nitrogens with two attached hydrogens (primary N) is 2. The Hall–Kier alpha value is -8.54. The minimum absolute atomic E-state index is 0.0369. The number of aryl methyl sites for hydroxylation is 1. The molecular formula is C67H94N14O14S. The summed E-state index contributed by atoms with van der Waals surface area (Å²) in [7, 11) is 0. The molecular weight excluding hydrogens is 1260 g/mol. The standard InChI is InChI=1S/C65H88N14O14S.C2H6/c1-38(2)58-64(89)70-34-57(84)71-50(60(67)85)18-9-10-20-79-35-43(77-78-79)26-39(27-45(81)36-93-25-24-92-23-22-91-21-11-13-44(80)12-3-8-19-55-59-53(37-94-55)74-65(90)76-59)61(86)72-51(28-41-32-68-48-16-6-4-14-46(41)48)54(82)30-40(31-56(66)83)62(87)73-52(63(88)75-58)29-42-33-69-49-17-7-5-15-47(42)49;1-2/h4-7,14-17,32-33,35,38-40,50-53,55,58-59,68-69H,3,8-13,18-31,34,36-37H2,1-2H3,(H2,66,83)(H2,67,85)(H,70,89)(H,71,84)(H,72,86)(H,73,87)(H,75,88)(H2,74,76,90);1-2H3/t39-,40-,50+,51-,52-,53-,55-,58+,59-;/m1./s1. The summed E-state index contributed by atoms with van der Waals surface area (Å²) >= 11 is 1.86. The minimum Gasteiger partial charge on any atom is -0.379 e. The van der Waals surface area contributed by atoms with Gasteiger partial charge in [0, 0.05) is 116 Å². The number of Topliss-reactive ketones (excluding diaryl/α,β-unsaturated/α-hetero) is 3. The Morgan fingerprint density at radius 2 is 1.29 bits per heavy atom. The van der Waals surface area contributed by atoms with Gasteiger partial charge in [0.2, 0.25) is 41.4 Å². The molecule has 96 heavy (non-hydrogen) atoms. The van der Waals surface area contributed by atoms with E-state index in [1.165, 1.54) is 4.68 Å². The lowest BCUT2D eigenvalue weighted by Crippen LogP contribution is -2.57. The molecule has 29 heteroatoms. The fraction of sp³-hybridized carbons (Fsp3) is 0.567. The van der Waals surface area contributed by atoms with E-state index >= 15 is 4.79 Å². The highest BCUT2D eigenvalue weighted by atomic mass is 32.2. The summed E-state index contributed by atoms with van der Waals surface area (Å²) in [6.07, 6.45) is 8.10. The van der Waals surface area contributed by atoms with Crippen molar-refractivity contribution in [1.82, 2.24) is 62.2 Å². The molecule has 2 bridgehead atoms. The zero-order valence-corrected chi connectivity index (χ0v) is 56.0. The number of urea groups is 1. The molecule has 2 saturated heterocycles. The number of hydrogen-bond acceptors (Lipinski definition) is 17. The Labute approximate surface area is 562 Å². The number of carbonyl (C=O) groups excluding carboxylic acids is 11. The third kappa shape index (κ3) is 23.1. The Morgan fingerprint density at radius 1 is 0.667 bits per heavy atom. The van der Waals surface area contributed by atoms with Crippen molar-refractivity contribution < 1.29 is 67.0 Å². The molecule has 0 unspecified atom stereocenters. The van der Waals surface area contributed by atoms with Gasteiger partial charge in [-0.15, -0.1) is 5.10 Å². The van der Waals surface area contributed by atoms with Gasteiger partial charge in [-0.1, -0.05) is 75.7 Å². The normalized spacial score (nSPS) is 22.7. The van der Waals surface area contributed by atoms with Crippen LogP contribution in [0.2, 0.25) is 0 Å². The molecule has 3 aliphatic heterocycles. The van der Waals surface area contributed by atoms with Gasteiger partial charge in [0.05, 0.1) is 68.6 Å². The molecule has 0 saturated carbocycles. The van der Waals surface area contributed by atoms with Gasteiger partial charge in [-0.25, -0.2) is 4.79 Å². The average Bonchev–Trinajstić information content (AvgIpc) is 2.00. The summed E-state index contributed by atoms with van der Waals surface area (Å²) in [4.78, 5) is 156. The molecule has 6 heterocycles. The van der Waals surface area contributed by atoms with Gasteiger partial charge < -0.3 is 72.9 Å². The third-order valence-electron chi connectivity index (χ3n) is 17.1. The Bertz CT molecular complexity index is 3460. The number of primary amides is 2. The maximum absolute atomic E-state index is 15.0. The van der Waals surface area contributed by atoms with Crippen molar-refractivity contribution >= 4 is 98.3 Å². The number of ether oxygens (including phenoxy) is 3. The number of aromatic nitrogens is 5. The van der Waals surface area contributed by atoms with Crippen LogP contribution in [0.25, 0.3) is 21.8 Å². The lowest BCUT2D eigenvalue weighted by atomic mass is 9.90. The molecule has 0 spiro atoms. The predicted octanol–water partition coefficient (Wildman–Crippen LogP) is 2.83. The summed E-state index contributed by atoms with van der Waals surface area (Å²) in [5.74, 6) is -8.89. The van der Waals surface area contributed by atoms with E-state index in [0.29, 0.717) is 60.8 Å². The maximum atomic E-state index is 15.0. The summed E-state index contributed by atoms with van der Waals surface area (Å²) in [5.41, 5.74) is 14.5. The van der Waals surface area contributed by atoms with Gasteiger partial charge in [-0.05, 0) is 67.7 Å². The quantitative estimate of drug-likeness (QED) is 0.0266. The van der Waals surface area contributed by atoms with E-state index in [0.717, 1.165) is 46.8 Å². The molecule has 3 aliphatic rings. The molecule has 2 aromatic carbocycles. The number of benzene rings is 2. The van der Waals surface area contributed by atoms with Crippen LogP contribution in [0, 0.1) is 17.8 Å². The van der Waals surface area contributed by atoms with Crippen molar-refractivity contribution in [3.63, 3.8) is 0 Å². The van der Waals surface area contributed by atoms with Crippen LogP contribution in [0.15, 0.2) is 67.1 Å². The van der Waals surface area contributed by atoms with E-state index in [-0.39, 0.29) is 95.6 Å². The van der Waals surface area contributed by atoms with E-state index in [1.54, 1.807) is 38.5 Å². The van der Waals surface area contributed by atoms with Gasteiger partial charge in [0.25, 0.3) is 0 Å². The van der Waals surface area contributed by atoms with Crippen LogP contribution in [0.3, 0.4) is 0 Å². The van der Waals surface area contributed by atoms with Crippen molar-refractivity contribution in [1.29, 1.82) is 0 Å².